The highest BCUT2D eigenvalue weighted by atomic mass is 35.5. The maximum absolute atomic E-state index is 13.1. The Balaban J connectivity index is 2.01. The van der Waals surface area contributed by atoms with Crippen LogP contribution in [0.1, 0.15) is 45.6 Å². The molecule has 0 aliphatic heterocycles. The van der Waals surface area contributed by atoms with E-state index in [1.54, 1.807) is 43.2 Å². The van der Waals surface area contributed by atoms with E-state index >= 15 is 0 Å². The normalized spacial score (nSPS) is 12.5. The van der Waals surface area contributed by atoms with E-state index in [4.69, 9.17) is 21.1 Å². The number of carbonyl (C=O) groups excluding carboxylic acids is 2. The molecule has 2 atom stereocenters. The van der Waals surface area contributed by atoms with E-state index in [2.05, 4.69) is 5.32 Å². The molecule has 174 valence electrons. The lowest BCUT2D eigenvalue weighted by molar-refractivity contribution is -0.141. The number of rotatable bonds is 12. The van der Waals surface area contributed by atoms with Gasteiger partial charge in [0.15, 0.2) is 0 Å². The molecule has 0 aliphatic rings. The molecule has 2 aromatic rings. The van der Waals surface area contributed by atoms with Crippen LogP contribution in [0.15, 0.2) is 48.5 Å². The lowest BCUT2D eigenvalue weighted by Gasteiger charge is -2.30. The van der Waals surface area contributed by atoms with Crippen molar-refractivity contribution in [1.82, 2.24) is 10.2 Å². The molecule has 2 aromatic carbocycles. The summed E-state index contributed by atoms with van der Waals surface area (Å²) in [7, 11) is 1.61. The fourth-order valence-corrected chi connectivity index (χ4v) is 3.19. The standard InChI is InChI=1S/C25H33ClN2O4/c1-5-18(2)27-25(30)19(3)28(17-20-8-12-22(31-4)13-9-20)24(29)7-6-16-32-23-14-10-21(26)11-15-23/h8-15,18-19H,5-7,16-17H2,1-4H3,(H,27,30)/t18-,19+/m0/s1. The summed E-state index contributed by atoms with van der Waals surface area (Å²) in [6, 6.07) is 14.1. The number of hydrogen-bond acceptors (Lipinski definition) is 4. The third kappa shape index (κ3) is 8.08. The number of amides is 2. The van der Waals surface area contributed by atoms with Crippen molar-refractivity contribution in [3.8, 4) is 11.5 Å². The summed E-state index contributed by atoms with van der Waals surface area (Å²) in [5, 5.41) is 3.62. The summed E-state index contributed by atoms with van der Waals surface area (Å²) in [6.45, 7) is 6.47. The van der Waals surface area contributed by atoms with Gasteiger partial charge in [0, 0.05) is 24.0 Å². The number of benzene rings is 2. The van der Waals surface area contributed by atoms with Gasteiger partial charge in [-0.05, 0) is 68.7 Å². The van der Waals surface area contributed by atoms with E-state index in [0.29, 0.717) is 30.3 Å². The molecule has 1 N–H and O–H groups in total. The van der Waals surface area contributed by atoms with Crippen LogP contribution in [0, 0.1) is 0 Å². The van der Waals surface area contributed by atoms with Gasteiger partial charge in [-0.3, -0.25) is 9.59 Å². The lowest BCUT2D eigenvalue weighted by Crippen LogP contribution is -2.49. The molecule has 6 nitrogen and oxygen atoms in total. The molecule has 32 heavy (non-hydrogen) atoms. The molecule has 0 aliphatic carbocycles. The number of halogens is 1. The Morgan fingerprint density at radius 3 is 2.25 bits per heavy atom. The van der Waals surface area contributed by atoms with Crippen LogP contribution in [0.4, 0.5) is 0 Å². The summed E-state index contributed by atoms with van der Waals surface area (Å²) in [4.78, 5) is 27.4. The Labute approximate surface area is 195 Å². The van der Waals surface area contributed by atoms with Crippen molar-refractivity contribution in [2.45, 2.75) is 58.7 Å². The molecule has 0 heterocycles. The maximum atomic E-state index is 13.1. The van der Waals surface area contributed by atoms with E-state index in [1.165, 1.54) is 0 Å². The largest absolute Gasteiger partial charge is 0.497 e. The molecular formula is C25H33ClN2O4. The first-order chi connectivity index (χ1) is 15.3. The highest BCUT2D eigenvalue weighted by Crippen LogP contribution is 2.18. The fourth-order valence-electron chi connectivity index (χ4n) is 3.06. The number of ether oxygens (including phenoxy) is 2. The average molecular weight is 461 g/mol. The van der Waals surface area contributed by atoms with Crippen molar-refractivity contribution >= 4 is 23.4 Å². The molecule has 0 unspecified atom stereocenters. The lowest BCUT2D eigenvalue weighted by atomic mass is 10.1. The summed E-state index contributed by atoms with van der Waals surface area (Å²) in [5.41, 5.74) is 0.930. The van der Waals surface area contributed by atoms with Crippen molar-refractivity contribution in [3.05, 3.63) is 59.1 Å². The van der Waals surface area contributed by atoms with E-state index < -0.39 is 6.04 Å². The second-order valence-corrected chi connectivity index (χ2v) is 8.21. The van der Waals surface area contributed by atoms with Crippen LogP contribution in [0.25, 0.3) is 0 Å². The molecule has 7 heteroatoms. The van der Waals surface area contributed by atoms with Crippen molar-refractivity contribution < 1.29 is 19.1 Å². The van der Waals surface area contributed by atoms with Gasteiger partial charge < -0.3 is 19.7 Å². The van der Waals surface area contributed by atoms with Gasteiger partial charge in [0.05, 0.1) is 13.7 Å². The minimum Gasteiger partial charge on any atom is -0.497 e. The predicted molar refractivity (Wildman–Crippen MR) is 127 cm³/mol. The van der Waals surface area contributed by atoms with Gasteiger partial charge in [-0.1, -0.05) is 30.7 Å². The van der Waals surface area contributed by atoms with Gasteiger partial charge in [0.2, 0.25) is 11.8 Å². The van der Waals surface area contributed by atoms with Crippen LogP contribution in [0.5, 0.6) is 11.5 Å². The van der Waals surface area contributed by atoms with E-state index in [9.17, 15) is 9.59 Å². The number of hydrogen-bond donors (Lipinski definition) is 1. The van der Waals surface area contributed by atoms with Gasteiger partial charge in [0.25, 0.3) is 0 Å². The van der Waals surface area contributed by atoms with Crippen molar-refractivity contribution in [2.75, 3.05) is 13.7 Å². The molecule has 0 aromatic heterocycles. The smallest absolute Gasteiger partial charge is 0.242 e. The van der Waals surface area contributed by atoms with Gasteiger partial charge >= 0.3 is 0 Å². The number of methoxy groups -OCH3 is 1. The van der Waals surface area contributed by atoms with E-state index in [0.717, 1.165) is 17.7 Å². The third-order valence-electron chi connectivity index (χ3n) is 5.30. The van der Waals surface area contributed by atoms with Crippen LogP contribution in [0.3, 0.4) is 0 Å². The molecule has 0 fully saturated rings. The second kappa shape index (κ2) is 13.0. The third-order valence-corrected chi connectivity index (χ3v) is 5.55. The Morgan fingerprint density at radius 1 is 1.03 bits per heavy atom. The number of carbonyl (C=O) groups is 2. The molecule has 2 amide bonds. The SMILES string of the molecule is CC[C@H](C)NC(=O)[C@@H](C)N(Cc1ccc(OC)cc1)C(=O)CCCOc1ccc(Cl)cc1. The highest BCUT2D eigenvalue weighted by molar-refractivity contribution is 6.30. The van der Waals surface area contributed by atoms with Crippen molar-refractivity contribution in [1.29, 1.82) is 0 Å². The van der Waals surface area contributed by atoms with Gasteiger partial charge in [-0.15, -0.1) is 0 Å². The van der Waals surface area contributed by atoms with Gasteiger partial charge in [-0.2, -0.15) is 0 Å². The number of nitrogens with zero attached hydrogens (tertiary/aromatic N) is 1. The first kappa shape index (κ1) is 25.5. The molecule has 0 radical (unpaired) electrons. The fraction of sp³-hybridized carbons (Fsp3) is 0.440. The molecule has 2 rings (SSSR count). The summed E-state index contributed by atoms with van der Waals surface area (Å²) < 4.78 is 10.9. The van der Waals surface area contributed by atoms with Crippen molar-refractivity contribution in [3.63, 3.8) is 0 Å². The van der Waals surface area contributed by atoms with Crippen molar-refractivity contribution in [2.24, 2.45) is 0 Å². The first-order valence-electron chi connectivity index (χ1n) is 10.9. The number of nitrogens with one attached hydrogen (secondary N) is 1. The first-order valence-corrected chi connectivity index (χ1v) is 11.3. The minimum absolute atomic E-state index is 0.0515. The van der Waals surface area contributed by atoms with E-state index in [-0.39, 0.29) is 24.3 Å². The second-order valence-electron chi connectivity index (χ2n) is 7.77. The Kier molecular flexibility index (Phi) is 10.3. The van der Waals surface area contributed by atoms with Gasteiger partial charge in [0.1, 0.15) is 17.5 Å². The maximum Gasteiger partial charge on any atom is 0.242 e. The molecular weight excluding hydrogens is 428 g/mol. The zero-order valence-electron chi connectivity index (χ0n) is 19.3. The predicted octanol–water partition coefficient (Wildman–Crippen LogP) is 4.84. The van der Waals surface area contributed by atoms with Crippen LogP contribution < -0.4 is 14.8 Å². The molecule has 0 saturated carbocycles. The Hall–Kier alpha value is -2.73. The summed E-state index contributed by atoms with van der Waals surface area (Å²) in [6.07, 6.45) is 1.65. The van der Waals surface area contributed by atoms with E-state index in [1.807, 2.05) is 38.1 Å². The molecule has 0 bridgehead atoms. The highest BCUT2D eigenvalue weighted by Gasteiger charge is 2.26. The molecule has 0 spiro atoms. The summed E-state index contributed by atoms with van der Waals surface area (Å²) >= 11 is 5.88. The van der Waals surface area contributed by atoms with Crippen LogP contribution in [-0.4, -0.2) is 42.5 Å². The van der Waals surface area contributed by atoms with Crippen LogP contribution >= 0.6 is 11.6 Å². The minimum atomic E-state index is -0.587. The van der Waals surface area contributed by atoms with Gasteiger partial charge in [-0.25, -0.2) is 0 Å². The zero-order chi connectivity index (χ0) is 23.5. The average Bonchev–Trinajstić information content (AvgIpc) is 2.81. The zero-order valence-corrected chi connectivity index (χ0v) is 20.0. The molecule has 0 saturated heterocycles. The topological polar surface area (TPSA) is 67.9 Å². The Morgan fingerprint density at radius 2 is 1.66 bits per heavy atom. The Bertz CT molecular complexity index is 855. The van der Waals surface area contributed by atoms with Crippen LogP contribution in [-0.2, 0) is 16.1 Å². The van der Waals surface area contributed by atoms with Crippen LogP contribution in [0.2, 0.25) is 5.02 Å². The summed E-state index contributed by atoms with van der Waals surface area (Å²) in [5.74, 6) is 1.21. The monoisotopic (exact) mass is 460 g/mol. The quantitative estimate of drug-likeness (QED) is 0.460.